The second-order valence-corrected chi connectivity index (χ2v) is 2.94. The van der Waals surface area contributed by atoms with Crippen molar-refractivity contribution in [2.24, 2.45) is 0 Å². The first-order valence-electron chi connectivity index (χ1n) is 4.57. The Labute approximate surface area is 92.7 Å². The lowest BCUT2D eigenvalue weighted by atomic mass is 10.1. The van der Waals surface area contributed by atoms with Crippen molar-refractivity contribution in [3.63, 3.8) is 0 Å². The molecule has 0 saturated heterocycles. The van der Waals surface area contributed by atoms with Gasteiger partial charge in [-0.15, -0.1) is 0 Å². The van der Waals surface area contributed by atoms with Crippen LogP contribution in [0.2, 0.25) is 0 Å². The first-order valence-corrected chi connectivity index (χ1v) is 4.57. The third-order valence-electron chi connectivity index (χ3n) is 2.06. The number of phenolic OH excluding ortho intramolecular Hbond substituents is 1. The number of aromatic hydroxyl groups is 1. The number of carboxylic acid groups (broad SMARTS) is 1. The molecule has 2 N–H and O–H groups in total. The minimum absolute atomic E-state index is 0.182. The minimum atomic E-state index is -0.250. The molecule has 2 aromatic carbocycles. The lowest BCUT2D eigenvalue weighted by molar-refractivity contribution is -0.122. The third-order valence-corrected chi connectivity index (χ3v) is 2.06. The van der Waals surface area contributed by atoms with E-state index in [0.29, 0.717) is 5.75 Å². The number of rotatable bonds is 1. The Morgan fingerprint density at radius 1 is 1.19 bits per heavy atom. The van der Waals surface area contributed by atoms with Crippen molar-refractivity contribution in [2.45, 2.75) is 0 Å². The van der Waals surface area contributed by atoms with Crippen molar-refractivity contribution in [3.8, 4) is 11.5 Å². The van der Waals surface area contributed by atoms with E-state index in [1.807, 2.05) is 30.3 Å². The molecule has 0 aliphatic carbocycles. The lowest BCUT2D eigenvalue weighted by Crippen LogP contribution is -1.85. The highest BCUT2D eigenvalue weighted by Gasteiger charge is 2.04. The molecule has 0 spiro atoms. The normalized spacial score (nSPS) is 9.06. The van der Waals surface area contributed by atoms with Crippen LogP contribution in [0.5, 0.6) is 11.5 Å². The Bertz CT molecular complexity index is 479. The molecule has 2 aromatic rings. The molecule has 0 amide bonds. The molecule has 0 aromatic heterocycles. The largest absolute Gasteiger partial charge is 0.504 e. The highest BCUT2D eigenvalue weighted by atomic mass is 16.5. The Balaban J connectivity index is 0.000000386. The fourth-order valence-electron chi connectivity index (χ4n) is 1.45. The van der Waals surface area contributed by atoms with E-state index in [1.165, 1.54) is 0 Å². The van der Waals surface area contributed by atoms with Gasteiger partial charge in [-0.3, -0.25) is 4.79 Å². The van der Waals surface area contributed by atoms with Crippen LogP contribution in [-0.4, -0.2) is 23.8 Å². The summed E-state index contributed by atoms with van der Waals surface area (Å²) in [4.78, 5) is 8.36. The van der Waals surface area contributed by atoms with Crippen LogP contribution in [0.3, 0.4) is 0 Å². The van der Waals surface area contributed by atoms with Gasteiger partial charge in [-0.1, -0.05) is 30.3 Å². The number of phenols is 1. The standard InChI is InChI=1S/C11H10O2.CH2O2/c1-13-11-9-5-3-2-4-8(9)6-7-10(11)12;2-1-3/h2-7,12H,1H3;1H,(H,2,3). The summed E-state index contributed by atoms with van der Waals surface area (Å²) in [6.45, 7) is -0.250. The zero-order chi connectivity index (χ0) is 12.0. The van der Waals surface area contributed by atoms with Crippen molar-refractivity contribution in [1.29, 1.82) is 0 Å². The van der Waals surface area contributed by atoms with E-state index in [-0.39, 0.29) is 12.2 Å². The zero-order valence-corrected chi connectivity index (χ0v) is 8.75. The highest BCUT2D eigenvalue weighted by molar-refractivity contribution is 5.90. The Hall–Kier alpha value is -2.23. The number of hydrogen-bond donors (Lipinski definition) is 2. The van der Waals surface area contributed by atoms with Gasteiger partial charge in [-0.05, 0) is 11.5 Å². The van der Waals surface area contributed by atoms with Crippen molar-refractivity contribution >= 4 is 17.2 Å². The summed E-state index contributed by atoms with van der Waals surface area (Å²) in [5.41, 5.74) is 0. The topological polar surface area (TPSA) is 66.8 Å². The van der Waals surface area contributed by atoms with E-state index in [4.69, 9.17) is 14.6 Å². The molecule has 0 unspecified atom stereocenters. The van der Waals surface area contributed by atoms with Crippen LogP contribution in [0.1, 0.15) is 0 Å². The molecule has 0 atom stereocenters. The van der Waals surface area contributed by atoms with Crippen LogP contribution in [-0.2, 0) is 4.79 Å². The molecular formula is C12H12O4. The van der Waals surface area contributed by atoms with Crippen molar-refractivity contribution < 1.29 is 19.7 Å². The van der Waals surface area contributed by atoms with E-state index in [2.05, 4.69) is 0 Å². The van der Waals surface area contributed by atoms with Crippen LogP contribution in [0.25, 0.3) is 10.8 Å². The first-order chi connectivity index (χ1) is 7.74. The second-order valence-electron chi connectivity index (χ2n) is 2.94. The molecule has 0 heterocycles. The predicted octanol–water partition coefficient (Wildman–Crippen LogP) is 2.25. The van der Waals surface area contributed by atoms with Gasteiger partial charge in [0.15, 0.2) is 11.5 Å². The van der Waals surface area contributed by atoms with E-state index in [1.54, 1.807) is 13.2 Å². The monoisotopic (exact) mass is 220 g/mol. The smallest absolute Gasteiger partial charge is 0.290 e. The van der Waals surface area contributed by atoms with E-state index < -0.39 is 0 Å². The Morgan fingerprint density at radius 3 is 2.44 bits per heavy atom. The van der Waals surface area contributed by atoms with Crippen molar-refractivity contribution in [3.05, 3.63) is 36.4 Å². The van der Waals surface area contributed by atoms with Gasteiger partial charge in [0.05, 0.1) is 7.11 Å². The zero-order valence-electron chi connectivity index (χ0n) is 8.75. The molecule has 0 fully saturated rings. The summed E-state index contributed by atoms with van der Waals surface area (Å²) in [7, 11) is 1.56. The lowest BCUT2D eigenvalue weighted by Gasteiger charge is -2.06. The Morgan fingerprint density at radius 2 is 1.81 bits per heavy atom. The summed E-state index contributed by atoms with van der Waals surface area (Å²) >= 11 is 0. The van der Waals surface area contributed by atoms with E-state index in [9.17, 15) is 5.11 Å². The summed E-state index contributed by atoms with van der Waals surface area (Å²) in [5.74, 6) is 0.722. The maximum absolute atomic E-state index is 9.48. The van der Waals surface area contributed by atoms with Gasteiger partial charge in [0, 0.05) is 5.39 Å². The van der Waals surface area contributed by atoms with Gasteiger partial charge in [-0.25, -0.2) is 0 Å². The molecular weight excluding hydrogens is 208 g/mol. The fraction of sp³-hybridized carbons (Fsp3) is 0.0833. The van der Waals surface area contributed by atoms with Crippen LogP contribution in [0, 0.1) is 0 Å². The number of fused-ring (bicyclic) bond motifs is 1. The predicted molar refractivity (Wildman–Crippen MR) is 60.9 cm³/mol. The molecule has 0 radical (unpaired) electrons. The second kappa shape index (κ2) is 5.60. The number of hydrogen-bond acceptors (Lipinski definition) is 3. The minimum Gasteiger partial charge on any atom is -0.504 e. The van der Waals surface area contributed by atoms with Crippen LogP contribution in [0.15, 0.2) is 36.4 Å². The van der Waals surface area contributed by atoms with Gasteiger partial charge in [0.1, 0.15) is 0 Å². The van der Waals surface area contributed by atoms with Gasteiger partial charge in [-0.2, -0.15) is 0 Å². The van der Waals surface area contributed by atoms with Gasteiger partial charge in [0.25, 0.3) is 6.47 Å². The molecule has 16 heavy (non-hydrogen) atoms. The number of methoxy groups -OCH3 is 1. The Kier molecular flexibility index (Phi) is 4.15. The highest BCUT2D eigenvalue weighted by Crippen LogP contribution is 2.33. The average Bonchev–Trinajstić information content (AvgIpc) is 2.30. The van der Waals surface area contributed by atoms with Crippen LogP contribution >= 0.6 is 0 Å². The molecule has 4 heteroatoms. The maximum Gasteiger partial charge on any atom is 0.290 e. The summed E-state index contributed by atoms with van der Waals surface area (Å²) in [5, 5.41) is 18.4. The molecule has 4 nitrogen and oxygen atoms in total. The van der Waals surface area contributed by atoms with Crippen LogP contribution in [0.4, 0.5) is 0 Å². The summed E-state index contributed by atoms with van der Waals surface area (Å²) < 4.78 is 5.11. The molecule has 0 bridgehead atoms. The summed E-state index contributed by atoms with van der Waals surface area (Å²) in [6.07, 6.45) is 0. The van der Waals surface area contributed by atoms with Gasteiger partial charge in [0.2, 0.25) is 0 Å². The van der Waals surface area contributed by atoms with E-state index in [0.717, 1.165) is 10.8 Å². The number of benzene rings is 2. The quantitative estimate of drug-likeness (QED) is 0.723. The summed E-state index contributed by atoms with van der Waals surface area (Å²) in [6, 6.07) is 11.3. The molecule has 84 valence electrons. The maximum atomic E-state index is 9.48. The van der Waals surface area contributed by atoms with Crippen molar-refractivity contribution in [2.75, 3.05) is 7.11 Å². The number of ether oxygens (including phenoxy) is 1. The molecule has 2 rings (SSSR count). The molecule has 0 aliphatic heterocycles. The molecule has 0 saturated carbocycles. The van der Waals surface area contributed by atoms with E-state index >= 15 is 0 Å². The SMILES string of the molecule is COc1c(O)ccc2ccccc12.O=CO. The van der Waals surface area contributed by atoms with Gasteiger partial charge >= 0.3 is 0 Å². The molecule has 0 aliphatic rings. The first kappa shape index (κ1) is 11.8. The average molecular weight is 220 g/mol. The number of carbonyl (C=O) groups is 1. The third kappa shape index (κ3) is 2.42. The van der Waals surface area contributed by atoms with Gasteiger partial charge < -0.3 is 14.9 Å². The van der Waals surface area contributed by atoms with Crippen LogP contribution < -0.4 is 4.74 Å². The van der Waals surface area contributed by atoms with Crippen molar-refractivity contribution in [1.82, 2.24) is 0 Å². The fourth-order valence-corrected chi connectivity index (χ4v) is 1.45.